The maximum absolute atomic E-state index is 13.4. The summed E-state index contributed by atoms with van der Waals surface area (Å²) < 4.78 is 27.7. The fraction of sp³-hybridized carbons (Fsp3) is 0.263. The highest BCUT2D eigenvalue weighted by Crippen LogP contribution is 2.28. The zero-order valence-electron chi connectivity index (χ0n) is 14.1. The van der Waals surface area contributed by atoms with E-state index >= 15 is 0 Å². The van der Waals surface area contributed by atoms with E-state index in [1.165, 1.54) is 4.90 Å². The van der Waals surface area contributed by atoms with Gasteiger partial charge in [0.15, 0.2) is 0 Å². The number of hydrogen-bond donors (Lipinski definition) is 0. The molecule has 0 N–H and O–H groups in total. The van der Waals surface area contributed by atoms with Gasteiger partial charge in [-0.05, 0) is 23.8 Å². The first-order valence-corrected chi connectivity index (χ1v) is 8.89. The molecule has 0 saturated carbocycles. The van der Waals surface area contributed by atoms with Crippen molar-refractivity contribution in [3.63, 3.8) is 0 Å². The zero-order chi connectivity index (χ0) is 18.8. The Morgan fingerprint density at radius 1 is 1.23 bits per heavy atom. The van der Waals surface area contributed by atoms with Crippen molar-refractivity contribution in [3.8, 4) is 0 Å². The van der Waals surface area contributed by atoms with E-state index in [0.29, 0.717) is 6.54 Å². The summed E-state index contributed by atoms with van der Waals surface area (Å²) in [5, 5.41) is 0. The van der Waals surface area contributed by atoms with Crippen LogP contribution in [0.3, 0.4) is 0 Å². The molecule has 2 aromatic rings. The van der Waals surface area contributed by atoms with Crippen LogP contribution in [-0.2, 0) is 16.1 Å². The second-order valence-electron chi connectivity index (χ2n) is 6.32. The highest BCUT2D eigenvalue weighted by molar-refractivity contribution is 9.10. The number of benzene rings is 2. The van der Waals surface area contributed by atoms with Crippen LogP contribution in [0.25, 0.3) is 0 Å². The standard InChI is InChI=1S/C19H17BrF2N2O2/c1-23(10-12-4-2-3-5-17(12)20)19(26)13-6-18(25)24(11-13)16-8-14(21)7-15(22)9-16/h2-5,7-9,13H,6,10-11H2,1H3. The van der Waals surface area contributed by atoms with Crippen LogP contribution in [0.1, 0.15) is 12.0 Å². The van der Waals surface area contributed by atoms with E-state index < -0.39 is 17.6 Å². The lowest BCUT2D eigenvalue weighted by Gasteiger charge is -2.22. The summed E-state index contributed by atoms with van der Waals surface area (Å²) in [6, 6.07) is 10.5. The predicted molar refractivity (Wildman–Crippen MR) is 97.4 cm³/mol. The zero-order valence-corrected chi connectivity index (χ0v) is 15.7. The molecule has 2 aromatic carbocycles. The third-order valence-corrected chi connectivity index (χ3v) is 5.15. The second kappa shape index (κ2) is 7.53. The largest absolute Gasteiger partial charge is 0.341 e. The van der Waals surface area contributed by atoms with E-state index in [9.17, 15) is 18.4 Å². The molecule has 26 heavy (non-hydrogen) atoms. The van der Waals surface area contributed by atoms with Gasteiger partial charge in [-0.2, -0.15) is 0 Å². The number of hydrogen-bond acceptors (Lipinski definition) is 2. The number of rotatable bonds is 4. The number of anilines is 1. The van der Waals surface area contributed by atoms with Crippen LogP contribution in [0.15, 0.2) is 46.9 Å². The number of carbonyl (C=O) groups is 2. The van der Waals surface area contributed by atoms with Gasteiger partial charge in [0.05, 0.1) is 5.92 Å². The maximum Gasteiger partial charge on any atom is 0.228 e. The highest BCUT2D eigenvalue weighted by Gasteiger charge is 2.36. The van der Waals surface area contributed by atoms with Crippen LogP contribution < -0.4 is 4.90 Å². The monoisotopic (exact) mass is 422 g/mol. The highest BCUT2D eigenvalue weighted by atomic mass is 79.9. The van der Waals surface area contributed by atoms with Gasteiger partial charge in [0.2, 0.25) is 11.8 Å². The molecule has 0 aliphatic carbocycles. The minimum Gasteiger partial charge on any atom is -0.341 e. The van der Waals surface area contributed by atoms with Crippen molar-refractivity contribution in [1.29, 1.82) is 0 Å². The Kier molecular flexibility index (Phi) is 5.36. The van der Waals surface area contributed by atoms with Crippen molar-refractivity contribution in [2.24, 2.45) is 5.92 Å². The van der Waals surface area contributed by atoms with Gasteiger partial charge in [-0.25, -0.2) is 8.78 Å². The van der Waals surface area contributed by atoms with Crippen molar-refractivity contribution in [3.05, 3.63) is 64.1 Å². The summed E-state index contributed by atoms with van der Waals surface area (Å²) in [6.45, 7) is 0.514. The van der Waals surface area contributed by atoms with Crippen LogP contribution in [0, 0.1) is 17.6 Å². The first-order valence-electron chi connectivity index (χ1n) is 8.10. The SMILES string of the molecule is CN(Cc1ccccc1Br)C(=O)C1CC(=O)N(c2cc(F)cc(F)c2)C1. The van der Waals surface area contributed by atoms with E-state index in [2.05, 4.69) is 15.9 Å². The van der Waals surface area contributed by atoms with Crippen LogP contribution in [0.4, 0.5) is 14.5 Å². The molecular weight excluding hydrogens is 406 g/mol. The van der Waals surface area contributed by atoms with Crippen LogP contribution in [-0.4, -0.2) is 30.3 Å². The summed E-state index contributed by atoms with van der Waals surface area (Å²) in [5.74, 6) is -2.54. The molecule has 4 nitrogen and oxygen atoms in total. The van der Waals surface area contributed by atoms with E-state index in [1.807, 2.05) is 24.3 Å². The Balaban J connectivity index is 1.71. The summed E-state index contributed by atoms with van der Waals surface area (Å²) in [5.41, 5.74) is 1.09. The molecule has 7 heteroatoms. The Hall–Kier alpha value is -2.28. The Morgan fingerprint density at radius 2 is 1.88 bits per heavy atom. The third kappa shape index (κ3) is 3.93. The molecule has 1 aliphatic rings. The second-order valence-corrected chi connectivity index (χ2v) is 7.17. The van der Waals surface area contributed by atoms with Gasteiger partial charge in [0.1, 0.15) is 11.6 Å². The molecule has 0 bridgehead atoms. The molecule has 136 valence electrons. The van der Waals surface area contributed by atoms with Crippen molar-refractivity contribution < 1.29 is 18.4 Å². The lowest BCUT2D eigenvalue weighted by molar-refractivity contribution is -0.135. The van der Waals surface area contributed by atoms with Crippen molar-refractivity contribution in [2.45, 2.75) is 13.0 Å². The Labute approximate surface area is 158 Å². The molecule has 1 saturated heterocycles. The van der Waals surface area contributed by atoms with Gasteiger partial charge in [-0.1, -0.05) is 34.1 Å². The normalized spacial score (nSPS) is 16.8. The average Bonchev–Trinajstić information content (AvgIpc) is 2.97. The first kappa shape index (κ1) is 18.5. The average molecular weight is 423 g/mol. The molecule has 3 rings (SSSR count). The number of amides is 2. The molecule has 1 heterocycles. The topological polar surface area (TPSA) is 40.6 Å². The molecule has 1 fully saturated rings. The van der Waals surface area contributed by atoms with Gasteiger partial charge in [-0.15, -0.1) is 0 Å². The van der Waals surface area contributed by atoms with Crippen LogP contribution >= 0.6 is 15.9 Å². The van der Waals surface area contributed by atoms with E-state index in [-0.39, 0.29) is 30.5 Å². The Morgan fingerprint density at radius 3 is 2.54 bits per heavy atom. The van der Waals surface area contributed by atoms with Crippen LogP contribution in [0.2, 0.25) is 0 Å². The van der Waals surface area contributed by atoms with Crippen LogP contribution in [0.5, 0.6) is 0 Å². The van der Waals surface area contributed by atoms with Gasteiger partial charge in [0.25, 0.3) is 0 Å². The predicted octanol–water partition coefficient (Wildman–Crippen LogP) is 3.74. The summed E-state index contributed by atoms with van der Waals surface area (Å²) in [4.78, 5) is 27.8. The maximum atomic E-state index is 13.4. The van der Waals surface area contributed by atoms with Gasteiger partial charge >= 0.3 is 0 Å². The van der Waals surface area contributed by atoms with Gasteiger partial charge in [-0.3, -0.25) is 9.59 Å². The van der Waals surface area contributed by atoms with Crippen molar-refractivity contribution in [1.82, 2.24) is 4.90 Å². The number of nitrogens with zero attached hydrogens (tertiary/aromatic N) is 2. The molecular formula is C19H17BrF2N2O2. The molecule has 1 atom stereocenters. The molecule has 1 aliphatic heterocycles. The molecule has 0 spiro atoms. The van der Waals surface area contributed by atoms with Crippen molar-refractivity contribution in [2.75, 3.05) is 18.5 Å². The van der Waals surface area contributed by atoms with Crippen molar-refractivity contribution >= 4 is 33.4 Å². The molecule has 0 radical (unpaired) electrons. The summed E-state index contributed by atoms with van der Waals surface area (Å²) in [7, 11) is 1.68. The van der Waals surface area contributed by atoms with Gasteiger partial charge < -0.3 is 9.80 Å². The number of halogens is 3. The molecule has 1 unspecified atom stereocenters. The summed E-state index contributed by atoms with van der Waals surface area (Å²) >= 11 is 3.45. The Bertz CT molecular complexity index is 839. The van der Waals surface area contributed by atoms with E-state index in [1.54, 1.807) is 11.9 Å². The fourth-order valence-corrected chi connectivity index (χ4v) is 3.50. The third-order valence-electron chi connectivity index (χ3n) is 4.37. The van der Waals surface area contributed by atoms with E-state index in [0.717, 1.165) is 28.2 Å². The lowest BCUT2D eigenvalue weighted by atomic mass is 10.1. The minimum absolute atomic E-state index is 0.0251. The lowest BCUT2D eigenvalue weighted by Crippen LogP contribution is -2.34. The quantitative estimate of drug-likeness (QED) is 0.752. The number of carbonyl (C=O) groups excluding carboxylic acids is 2. The molecule has 0 aromatic heterocycles. The minimum atomic E-state index is -0.756. The van der Waals surface area contributed by atoms with E-state index in [4.69, 9.17) is 0 Å². The first-order chi connectivity index (χ1) is 12.3. The smallest absolute Gasteiger partial charge is 0.228 e. The van der Waals surface area contributed by atoms with Gasteiger partial charge in [0, 0.05) is 42.8 Å². The fourth-order valence-electron chi connectivity index (χ4n) is 3.09. The molecule has 2 amide bonds. The summed E-state index contributed by atoms with van der Waals surface area (Å²) in [6.07, 6.45) is 0.0251.